The number of nitrogens with zero attached hydrogens (tertiary/aromatic N) is 3. The summed E-state index contributed by atoms with van der Waals surface area (Å²) in [4.78, 5) is 4.39. The highest BCUT2D eigenvalue weighted by Gasteiger charge is 2.22. The molecule has 0 amide bonds. The molecule has 1 aromatic carbocycles. The van der Waals surface area contributed by atoms with Crippen LogP contribution in [0.5, 0.6) is 17.2 Å². The fourth-order valence-corrected chi connectivity index (χ4v) is 3.00. The van der Waals surface area contributed by atoms with E-state index in [0.717, 1.165) is 5.56 Å². The Kier molecular flexibility index (Phi) is 3.66. The van der Waals surface area contributed by atoms with Crippen LogP contribution in [0.1, 0.15) is 5.56 Å². The third kappa shape index (κ3) is 2.48. The summed E-state index contributed by atoms with van der Waals surface area (Å²) in [5.41, 5.74) is 9.29. The van der Waals surface area contributed by atoms with Crippen molar-refractivity contribution in [2.75, 3.05) is 19.6 Å². The van der Waals surface area contributed by atoms with Crippen molar-refractivity contribution in [3.8, 4) is 45.7 Å². The lowest BCUT2D eigenvalue weighted by molar-refractivity contribution is 0.174. The second kappa shape index (κ2) is 6.01. The van der Waals surface area contributed by atoms with Gasteiger partial charge in [-0.05, 0) is 18.2 Å². The maximum atomic E-state index is 9.61. The van der Waals surface area contributed by atoms with Gasteiger partial charge in [-0.15, -0.1) is 0 Å². The number of hydrogen-bond acceptors (Lipinski definition) is 6. The fourth-order valence-electron chi connectivity index (χ4n) is 3.00. The first-order valence-corrected chi connectivity index (χ1v) is 7.91. The molecule has 0 unspecified atom stereocenters. The average Bonchev–Trinajstić information content (AvgIpc) is 3.28. The smallest absolute Gasteiger partial charge is 0.231 e. The number of benzene rings is 1. The Balaban J connectivity index is 1.96. The van der Waals surface area contributed by atoms with Gasteiger partial charge in [-0.3, -0.25) is 0 Å². The van der Waals surface area contributed by atoms with Crippen LogP contribution in [-0.4, -0.2) is 23.5 Å². The number of nitriles is 1. The largest absolute Gasteiger partial charge is 0.496 e. The van der Waals surface area contributed by atoms with Crippen molar-refractivity contribution in [1.29, 1.82) is 5.26 Å². The van der Waals surface area contributed by atoms with Crippen molar-refractivity contribution in [2.45, 2.75) is 0 Å². The monoisotopic (exact) mass is 348 g/mol. The summed E-state index contributed by atoms with van der Waals surface area (Å²) in [5.74, 6) is 1.94. The number of rotatable bonds is 3. The van der Waals surface area contributed by atoms with Gasteiger partial charge < -0.3 is 24.5 Å². The molecule has 1 aliphatic heterocycles. The van der Waals surface area contributed by atoms with Crippen LogP contribution < -0.4 is 19.9 Å². The molecule has 0 aliphatic carbocycles. The molecule has 26 heavy (non-hydrogen) atoms. The molecule has 4 rings (SSSR count). The molecular formula is C19H16N4O3. The van der Waals surface area contributed by atoms with Gasteiger partial charge in [0.05, 0.1) is 12.8 Å². The summed E-state index contributed by atoms with van der Waals surface area (Å²) in [7, 11) is 3.49. The van der Waals surface area contributed by atoms with Crippen LogP contribution >= 0.6 is 0 Å². The summed E-state index contributed by atoms with van der Waals surface area (Å²) in [6.45, 7) is 0.154. The van der Waals surface area contributed by atoms with Crippen molar-refractivity contribution < 1.29 is 14.2 Å². The number of aryl methyl sites for hydroxylation is 1. The average molecular weight is 348 g/mol. The van der Waals surface area contributed by atoms with Gasteiger partial charge in [0.2, 0.25) is 6.79 Å². The van der Waals surface area contributed by atoms with Crippen LogP contribution in [0.3, 0.4) is 0 Å². The Labute approximate surface area is 150 Å². The van der Waals surface area contributed by atoms with Crippen molar-refractivity contribution in [3.63, 3.8) is 0 Å². The van der Waals surface area contributed by atoms with E-state index in [0.29, 0.717) is 39.6 Å². The molecule has 2 N–H and O–H groups in total. The number of aromatic nitrogens is 2. The lowest BCUT2D eigenvalue weighted by Crippen LogP contribution is -2.00. The summed E-state index contributed by atoms with van der Waals surface area (Å²) in [5, 5.41) is 9.61. The number of anilines is 1. The maximum absolute atomic E-state index is 9.61. The second-order valence-corrected chi connectivity index (χ2v) is 5.90. The van der Waals surface area contributed by atoms with Crippen LogP contribution in [0, 0.1) is 11.3 Å². The van der Waals surface area contributed by atoms with Crippen LogP contribution in [0.4, 0.5) is 5.82 Å². The van der Waals surface area contributed by atoms with Gasteiger partial charge in [-0.25, -0.2) is 4.98 Å². The van der Waals surface area contributed by atoms with Crippen molar-refractivity contribution >= 4 is 5.82 Å². The minimum absolute atomic E-state index is 0.154. The molecule has 130 valence electrons. The van der Waals surface area contributed by atoms with Crippen molar-refractivity contribution in [3.05, 3.63) is 42.2 Å². The van der Waals surface area contributed by atoms with E-state index in [1.807, 2.05) is 36.1 Å². The molecule has 7 nitrogen and oxygen atoms in total. The Morgan fingerprint density at radius 3 is 2.65 bits per heavy atom. The van der Waals surface area contributed by atoms with Crippen LogP contribution in [0.15, 0.2) is 36.7 Å². The Hall–Kier alpha value is -3.66. The summed E-state index contributed by atoms with van der Waals surface area (Å²) in [6, 6.07) is 9.47. The Bertz CT molecular complexity index is 1050. The van der Waals surface area contributed by atoms with E-state index in [2.05, 4.69) is 11.1 Å². The van der Waals surface area contributed by atoms with Gasteiger partial charge in [0.25, 0.3) is 0 Å². The lowest BCUT2D eigenvalue weighted by Gasteiger charge is -2.13. The lowest BCUT2D eigenvalue weighted by atomic mass is 9.97. The number of nitrogen functional groups attached to an aromatic ring is 1. The van der Waals surface area contributed by atoms with Gasteiger partial charge in [-0.2, -0.15) is 5.26 Å². The minimum Gasteiger partial charge on any atom is -0.496 e. The SMILES string of the molecule is COc1cc2c(cc1-c1cc(-c3ccn(C)c3)nc(N)c1C#N)OCO2. The topological polar surface area (TPSA) is 95.3 Å². The van der Waals surface area contributed by atoms with Crippen LogP contribution in [-0.2, 0) is 7.05 Å². The van der Waals surface area contributed by atoms with Gasteiger partial charge >= 0.3 is 0 Å². The van der Waals surface area contributed by atoms with Crippen molar-refractivity contribution in [2.24, 2.45) is 7.05 Å². The van der Waals surface area contributed by atoms with E-state index in [4.69, 9.17) is 19.9 Å². The molecule has 2 aromatic heterocycles. The molecule has 1 aliphatic rings. The number of methoxy groups -OCH3 is 1. The third-order valence-corrected chi connectivity index (χ3v) is 4.27. The first-order chi connectivity index (χ1) is 12.6. The summed E-state index contributed by atoms with van der Waals surface area (Å²) >= 11 is 0. The zero-order valence-electron chi connectivity index (χ0n) is 14.3. The maximum Gasteiger partial charge on any atom is 0.231 e. The number of nitrogens with two attached hydrogens (primary N) is 1. The Morgan fingerprint density at radius 2 is 2.00 bits per heavy atom. The van der Waals surface area contributed by atoms with E-state index < -0.39 is 0 Å². The highest BCUT2D eigenvalue weighted by atomic mass is 16.7. The molecular weight excluding hydrogens is 332 g/mol. The van der Waals surface area contributed by atoms with E-state index in [1.165, 1.54) is 0 Å². The summed E-state index contributed by atoms with van der Waals surface area (Å²) in [6.07, 6.45) is 3.86. The van der Waals surface area contributed by atoms with E-state index >= 15 is 0 Å². The standard InChI is InChI=1S/C19H16N4O3/c1-23-4-3-11(9-23)15-5-12(14(8-20)19(21)22-15)13-6-17-18(26-10-25-17)7-16(13)24-2/h3-7,9H,10H2,1-2H3,(H2,21,22). The number of hydrogen-bond donors (Lipinski definition) is 1. The van der Waals surface area contributed by atoms with E-state index in [1.54, 1.807) is 19.2 Å². The molecule has 3 aromatic rings. The quantitative estimate of drug-likeness (QED) is 0.782. The molecule has 0 radical (unpaired) electrons. The first-order valence-electron chi connectivity index (χ1n) is 7.91. The molecule has 0 bridgehead atoms. The number of ether oxygens (including phenoxy) is 3. The summed E-state index contributed by atoms with van der Waals surface area (Å²) < 4.78 is 18.3. The van der Waals surface area contributed by atoms with Gasteiger partial charge in [0, 0.05) is 42.2 Å². The van der Waals surface area contributed by atoms with Gasteiger partial charge in [0.15, 0.2) is 11.5 Å². The third-order valence-electron chi connectivity index (χ3n) is 4.27. The predicted octanol–water partition coefficient (Wildman–Crippen LogP) is 2.95. The van der Waals surface area contributed by atoms with E-state index in [-0.39, 0.29) is 12.6 Å². The molecule has 0 fully saturated rings. The van der Waals surface area contributed by atoms with Gasteiger partial charge in [-0.1, -0.05) is 0 Å². The second-order valence-electron chi connectivity index (χ2n) is 5.90. The first kappa shape index (κ1) is 15.8. The minimum atomic E-state index is 0.154. The molecule has 0 saturated carbocycles. The van der Waals surface area contributed by atoms with Crippen molar-refractivity contribution in [1.82, 2.24) is 9.55 Å². The predicted molar refractivity (Wildman–Crippen MR) is 95.9 cm³/mol. The molecule has 0 spiro atoms. The zero-order valence-corrected chi connectivity index (χ0v) is 14.3. The normalized spacial score (nSPS) is 12.0. The van der Waals surface area contributed by atoms with Crippen LogP contribution in [0.25, 0.3) is 22.4 Å². The molecule has 7 heteroatoms. The number of pyridine rings is 1. The molecule has 0 saturated heterocycles. The van der Waals surface area contributed by atoms with E-state index in [9.17, 15) is 5.26 Å². The highest BCUT2D eigenvalue weighted by molar-refractivity contribution is 5.84. The number of fused-ring (bicyclic) bond motifs is 1. The molecule has 3 heterocycles. The van der Waals surface area contributed by atoms with Crippen LogP contribution in [0.2, 0.25) is 0 Å². The highest BCUT2D eigenvalue weighted by Crippen LogP contribution is 2.44. The molecule has 0 atom stereocenters. The zero-order chi connectivity index (χ0) is 18.3. The van der Waals surface area contributed by atoms with Gasteiger partial charge in [0.1, 0.15) is 23.2 Å². The Morgan fingerprint density at radius 1 is 1.23 bits per heavy atom. The fraction of sp³-hybridized carbons (Fsp3) is 0.158.